The fourth-order valence-corrected chi connectivity index (χ4v) is 2.25. The van der Waals surface area contributed by atoms with E-state index in [0.29, 0.717) is 23.5 Å². The Balaban J connectivity index is 1.77. The molecule has 0 bridgehead atoms. The van der Waals surface area contributed by atoms with Gasteiger partial charge in [0.25, 0.3) is 5.91 Å². The largest absolute Gasteiger partial charge is 0.381 e. The summed E-state index contributed by atoms with van der Waals surface area (Å²) >= 11 is 0. The topological polar surface area (TPSA) is 64.1 Å². The maximum atomic E-state index is 12.2. The monoisotopic (exact) mass is 257 g/mol. The molecule has 5 nitrogen and oxygen atoms in total. The second-order valence-corrected chi connectivity index (χ2v) is 4.67. The number of amides is 1. The smallest absolute Gasteiger partial charge is 0.253 e. The van der Waals surface area contributed by atoms with Crippen LogP contribution in [0.25, 0.3) is 11.0 Å². The van der Waals surface area contributed by atoms with E-state index in [2.05, 4.69) is 15.3 Å². The van der Waals surface area contributed by atoms with Crippen LogP contribution in [0.1, 0.15) is 16.8 Å². The summed E-state index contributed by atoms with van der Waals surface area (Å²) in [5.74, 6) is 0.322. The van der Waals surface area contributed by atoms with E-state index in [-0.39, 0.29) is 5.91 Å². The minimum atomic E-state index is -0.0991. The molecule has 1 aromatic heterocycles. The highest BCUT2D eigenvalue weighted by Gasteiger charge is 2.17. The number of hydrogen-bond acceptors (Lipinski definition) is 4. The van der Waals surface area contributed by atoms with Crippen LogP contribution < -0.4 is 5.32 Å². The highest BCUT2D eigenvalue weighted by molar-refractivity contribution is 6.04. The Morgan fingerprint density at radius 1 is 1.37 bits per heavy atom. The second kappa shape index (κ2) is 5.32. The van der Waals surface area contributed by atoms with E-state index < -0.39 is 0 Å². The molecule has 1 aliphatic rings. The van der Waals surface area contributed by atoms with Crippen LogP contribution in [0.4, 0.5) is 0 Å². The van der Waals surface area contributed by atoms with Crippen molar-refractivity contribution in [3.05, 3.63) is 36.2 Å². The molecule has 1 atom stereocenters. The molecule has 2 heterocycles. The van der Waals surface area contributed by atoms with E-state index in [1.165, 1.54) is 0 Å². The average Bonchev–Trinajstić information content (AvgIpc) is 2.97. The molecule has 1 aromatic carbocycles. The van der Waals surface area contributed by atoms with Crippen LogP contribution in [0, 0.1) is 5.92 Å². The van der Waals surface area contributed by atoms with Gasteiger partial charge in [0.05, 0.1) is 17.7 Å². The Bertz CT molecular complexity index is 589. The van der Waals surface area contributed by atoms with Gasteiger partial charge in [-0.25, -0.2) is 0 Å². The number of nitrogens with zero attached hydrogens (tertiary/aromatic N) is 2. The molecule has 1 unspecified atom stereocenters. The molecule has 2 aromatic rings. The van der Waals surface area contributed by atoms with E-state index >= 15 is 0 Å². The van der Waals surface area contributed by atoms with E-state index in [1.54, 1.807) is 18.5 Å². The molecule has 0 aliphatic carbocycles. The summed E-state index contributed by atoms with van der Waals surface area (Å²) in [7, 11) is 0. The number of hydrogen-bond donors (Lipinski definition) is 1. The fourth-order valence-electron chi connectivity index (χ4n) is 2.25. The maximum absolute atomic E-state index is 12.2. The summed E-state index contributed by atoms with van der Waals surface area (Å²) in [4.78, 5) is 20.6. The van der Waals surface area contributed by atoms with Crippen LogP contribution >= 0.6 is 0 Å². The fraction of sp³-hybridized carbons (Fsp3) is 0.357. The van der Waals surface area contributed by atoms with Crippen LogP contribution in [0.3, 0.4) is 0 Å². The predicted molar refractivity (Wildman–Crippen MR) is 70.8 cm³/mol. The van der Waals surface area contributed by atoms with Crippen molar-refractivity contribution >= 4 is 16.9 Å². The predicted octanol–water partition coefficient (Wildman–Crippen LogP) is 1.40. The normalized spacial score (nSPS) is 18.6. The third-order valence-electron chi connectivity index (χ3n) is 3.32. The molecule has 1 fully saturated rings. The van der Waals surface area contributed by atoms with Gasteiger partial charge in [-0.3, -0.25) is 14.8 Å². The summed E-state index contributed by atoms with van der Waals surface area (Å²) in [5, 5.41) is 2.95. The Morgan fingerprint density at radius 3 is 3.11 bits per heavy atom. The number of fused-ring (bicyclic) bond motifs is 1. The van der Waals surface area contributed by atoms with Crippen LogP contribution in [0.5, 0.6) is 0 Å². The lowest BCUT2D eigenvalue weighted by Gasteiger charge is -2.10. The van der Waals surface area contributed by atoms with Gasteiger partial charge in [0, 0.05) is 31.5 Å². The zero-order valence-electron chi connectivity index (χ0n) is 10.5. The Labute approximate surface area is 111 Å². The number of benzene rings is 1. The van der Waals surface area contributed by atoms with E-state index in [1.807, 2.05) is 12.1 Å². The number of rotatable bonds is 3. The van der Waals surface area contributed by atoms with Crippen LogP contribution in [0.2, 0.25) is 0 Å². The molecule has 0 spiro atoms. The first-order valence-corrected chi connectivity index (χ1v) is 6.40. The Morgan fingerprint density at radius 2 is 2.26 bits per heavy atom. The van der Waals surface area contributed by atoms with Crippen LogP contribution in [-0.2, 0) is 4.74 Å². The quantitative estimate of drug-likeness (QED) is 0.902. The molecule has 1 saturated heterocycles. The van der Waals surface area contributed by atoms with Gasteiger partial charge in [-0.1, -0.05) is 6.07 Å². The summed E-state index contributed by atoms with van der Waals surface area (Å²) in [6, 6.07) is 5.45. The maximum Gasteiger partial charge on any atom is 0.253 e. The number of nitrogens with one attached hydrogen (secondary N) is 1. The second-order valence-electron chi connectivity index (χ2n) is 4.67. The molecule has 0 radical (unpaired) electrons. The molecule has 1 aliphatic heterocycles. The number of carbonyl (C=O) groups is 1. The van der Waals surface area contributed by atoms with Crippen molar-refractivity contribution in [2.45, 2.75) is 6.42 Å². The van der Waals surface area contributed by atoms with Gasteiger partial charge in [0.2, 0.25) is 0 Å². The van der Waals surface area contributed by atoms with Crippen molar-refractivity contribution in [3.63, 3.8) is 0 Å². The van der Waals surface area contributed by atoms with Gasteiger partial charge in [-0.05, 0) is 18.6 Å². The lowest BCUT2D eigenvalue weighted by Crippen LogP contribution is -2.29. The van der Waals surface area contributed by atoms with Crippen molar-refractivity contribution < 1.29 is 9.53 Å². The highest BCUT2D eigenvalue weighted by Crippen LogP contribution is 2.15. The van der Waals surface area contributed by atoms with Gasteiger partial charge < -0.3 is 10.1 Å². The zero-order valence-corrected chi connectivity index (χ0v) is 10.5. The van der Waals surface area contributed by atoms with Gasteiger partial charge in [-0.2, -0.15) is 0 Å². The van der Waals surface area contributed by atoms with Crippen molar-refractivity contribution in [3.8, 4) is 0 Å². The van der Waals surface area contributed by atoms with E-state index in [9.17, 15) is 4.79 Å². The number of para-hydroxylation sites is 1. The van der Waals surface area contributed by atoms with E-state index in [4.69, 9.17) is 4.74 Å². The summed E-state index contributed by atoms with van der Waals surface area (Å²) < 4.78 is 5.29. The molecular weight excluding hydrogens is 242 g/mol. The van der Waals surface area contributed by atoms with Gasteiger partial charge in [0.1, 0.15) is 5.52 Å². The molecule has 0 saturated carbocycles. The van der Waals surface area contributed by atoms with Crippen LogP contribution in [0.15, 0.2) is 30.6 Å². The molecule has 1 amide bonds. The minimum Gasteiger partial charge on any atom is -0.381 e. The van der Waals surface area contributed by atoms with Crippen molar-refractivity contribution in [2.24, 2.45) is 5.92 Å². The van der Waals surface area contributed by atoms with E-state index in [0.717, 1.165) is 25.2 Å². The molecule has 1 N–H and O–H groups in total. The first kappa shape index (κ1) is 12.0. The lowest BCUT2D eigenvalue weighted by atomic mass is 10.1. The third kappa shape index (κ3) is 2.56. The first-order chi connectivity index (χ1) is 9.34. The molecule has 3 rings (SSSR count). The Kier molecular flexibility index (Phi) is 3.37. The third-order valence-corrected chi connectivity index (χ3v) is 3.32. The van der Waals surface area contributed by atoms with Crippen molar-refractivity contribution in [1.29, 1.82) is 0 Å². The van der Waals surface area contributed by atoms with Gasteiger partial charge in [-0.15, -0.1) is 0 Å². The minimum absolute atomic E-state index is 0.0991. The molecule has 98 valence electrons. The van der Waals surface area contributed by atoms with Crippen molar-refractivity contribution in [1.82, 2.24) is 15.3 Å². The SMILES string of the molecule is O=C(NCC1CCOC1)c1cccc2nccnc12. The molecule has 19 heavy (non-hydrogen) atoms. The molecule has 5 heteroatoms. The van der Waals surface area contributed by atoms with Crippen LogP contribution in [-0.4, -0.2) is 35.6 Å². The van der Waals surface area contributed by atoms with Gasteiger partial charge >= 0.3 is 0 Å². The summed E-state index contributed by atoms with van der Waals surface area (Å²) in [6.07, 6.45) is 4.24. The molecular formula is C14H15N3O2. The standard InChI is InChI=1S/C14H15N3O2/c18-14(17-8-10-4-7-19-9-10)11-2-1-3-12-13(11)16-6-5-15-12/h1-3,5-6,10H,4,7-9H2,(H,17,18). The average molecular weight is 257 g/mol. The zero-order chi connectivity index (χ0) is 13.1. The number of aromatic nitrogens is 2. The number of carbonyl (C=O) groups excluding carboxylic acids is 1. The Hall–Kier alpha value is -2.01. The summed E-state index contributed by atoms with van der Waals surface area (Å²) in [6.45, 7) is 2.17. The first-order valence-electron chi connectivity index (χ1n) is 6.40. The van der Waals surface area contributed by atoms with Gasteiger partial charge in [0.15, 0.2) is 0 Å². The van der Waals surface area contributed by atoms with Crippen molar-refractivity contribution in [2.75, 3.05) is 19.8 Å². The summed E-state index contributed by atoms with van der Waals surface area (Å²) in [5.41, 5.74) is 1.95. The highest BCUT2D eigenvalue weighted by atomic mass is 16.5. The number of ether oxygens (including phenoxy) is 1. The lowest BCUT2D eigenvalue weighted by molar-refractivity contribution is 0.0946.